The molecule has 1 saturated carbocycles. The molecule has 20 heavy (non-hydrogen) atoms. The molecule has 2 rings (SSSR count). The Morgan fingerprint density at radius 2 is 2.05 bits per heavy atom. The highest BCUT2D eigenvalue weighted by Gasteiger charge is 2.45. The van der Waals surface area contributed by atoms with Gasteiger partial charge in [-0.3, -0.25) is 5.32 Å². The van der Waals surface area contributed by atoms with Crippen LogP contribution in [0.1, 0.15) is 32.3 Å². The number of hydrogen-bond acceptors (Lipinski definition) is 4. The maximum absolute atomic E-state index is 12.5. The molecule has 0 aromatic heterocycles. The summed E-state index contributed by atoms with van der Waals surface area (Å²) in [4.78, 5) is 12.5. The minimum Gasteiger partial charge on any atom is -0.467 e. The van der Waals surface area contributed by atoms with Gasteiger partial charge < -0.3 is 4.74 Å². The predicted octanol–water partition coefficient (Wildman–Crippen LogP) is 2.95. The van der Waals surface area contributed by atoms with Crippen molar-refractivity contribution in [3.63, 3.8) is 0 Å². The van der Waals surface area contributed by atoms with Gasteiger partial charge in [0.2, 0.25) is 0 Å². The molecule has 0 saturated heterocycles. The number of carbonyl (C=O) groups is 1. The van der Waals surface area contributed by atoms with Crippen LogP contribution in [-0.2, 0) is 15.1 Å². The second-order valence-electron chi connectivity index (χ2n) is 5.54. The first-order chi connectivity index (χ1) is 9.58. The molecular formula is C16H23NO2S. The molecule has 1 fully saturated rings. The van der Waals surface area contributed by atoms with Crippen LogP contribution in [0.3, 0.4) is 0 Å². The van der Waals surface area contributed by atoms with Crippen LogP contribution in [0.4, 0.5) is 0 Å². The molecule has 0 spiro atoms. The number of rotatable bonds is 7. The van der Waals surface area contributed by atoms with Crippen LogP contribution in [0.15, 0.2) is 30.3 Å². The lowest BCUT2D eigenvalue weighted by Crippen LogP contribution is -2.53. The predicted molar refractivity (Wildman–Crippen MR) is 83.9 cm³/mol. The Bertz CT molecular complexity index is 445. The van der Waals surface area contributed by atoms with Crippen molar-refractivity contribution in [2.24, 2.45) is 0 Å². The molecular weight excluding hydrogens is 270 g/mol. The third-order valence-corrected chi connectivity index (χ3v) is 4.73. The van der Waals surface area contributed by atoms with Crippen molar-refractivity contribution in [2.45, 2.75) is 43.5 Å². The average Bonchev–Trinajstić information content (AvgIpc) is 3.27. The minimum absolute atomic E-state index is 0.191. The van der Waals surface area contributed by atoms with Gasteiger partial charge in [0.05, 0.1) is 7.11 Å². The maximum atomic E-state index is 12.5. The van der Waals surface area contributed by atoms with Crippen molar-refractivity contribution in [1.82, 2.24) is 5.32 Å². The molecule has 1 aliphatic rings. The first-order valence-corrected chi connectivity index (χ1v) is 8.16. The van der Waals surface area contributed by atoms with Crippen LogP contribution < -0.4 is 5.32 Å². The van der Waals surface area contributed by atoms with Crippen LogP contribution >= 0.6 is 11.8 Å². The van der Waals surface area contributed by atoms with E-state index in [0.29, 0.717) is 17.0 Å². The number of methoxy groups -OCH3 is 1. The summed E-state index contributed by atoms with van der Waals surface area (Å²) in [5.74, 6) is 0.501. The number of nitrogens with one attached hydrogen (secondary N) is 1. The molecule has 3 nitrogen and oxygen atoms in total. The molecule has 1 aliphatic carbocycles. The molecule has 1 N–H and O–H groups in total. The van der Waals surface area contributed by atoms with E-state index >= 15 is 0 Å². The number of benzene rings is 1. The highest BCUT2D eigenvalue weighted by atomic mass is 32.2. The Morgan fingerprint density at radius 1 is 1.40 bits per heavy atom. The molecule has 1 aromatic carbocycles. The maximum Gasteiger partial charge on any atom is 0.331 e. The SMILES string of the molecule is COC(=O)C(CSC(C)C)(NC1CC1)c1ccccc1. The van der Waals surface area contributed by atoms with Gasteiger partial charge in [-0.25, -0.2) is 4.79 Å². The van der Waals surface area contributed by atoms with Gasteiger partial charge >= 0.3 is 5.97 Å². The van der Waals surface area contributed by atoms with E-state index in [9.17, 15) is 4.79 Å². The molecule has 4 heteroatoms. The highest BCUT2D eigenvalue weighted by Crippen LogP contribution is 2.33. The van der Waals surface area contributed by atoms with E-state index in [4.69, 9.17) is 4.74 Å². The van der Waals surface area contributed by atoms with E-state index < -0.39 is 5.54 Å². The van der Waals surface area contributed by atoms with Crippen molar-refractivity contribution in [3.8, 4) is 0 Å². The van der Waals surface area contributed by atoms with Crippen molar-refractivity contribution in [1.29, 1.82) is 0 Å². The fraction of sp³-hybridized carbons (Fsp3) is 0.562. The molecule has 110 valence electrons. The Hall–Kier alpha value is -1.00. The summed E-state index contributed by atoms with van der Waals surface area (Å²) in [5.41, 5.74) is 0.262. The van der Waals surface area contributed by atoms with Gasteiger partial charge in [-0.05, 0) is 23.7 Å². The summed E-state index contributed by atoms with van der Waals surface area (Å²) >= 11 is 1.78. The zero-order valence-corrected chi connectivity index (χ0v) is 13.2. The average molecular weight is 293 g/mol. The normalized spacial score (nSPS) is 17.8. The lowest BCUT2D eigenvalue weighted by molar-refractivity contribution is -0.148. The summed E-state index contributed by atoms with van der Waals surface area (Å²) in [7, 11) is 1.47. The second kappa shape index (κ2) is 6.64. The van der Waals surface area contributed by atoms with Crippen molar-refractivity contribution in [2.75, 3.05) is 12.9 Å². The van der Waals surface area contributed by atoms with Crippen LogP contribution in [0.5, 0.6) is 0 Å². The molecule has 1 aromatic rings. The van der Waals surface area contributed by atoms with Gasteiger partial charge in [0.15, 0.2) is 5.54 Å². The van der Waals surface area contributed by atoms with Gasteiger partial charge in [0, 0.05) is 11.8 Å². The Labute approximate surface area is 125 Å². The third-order valence-electron chi connectivity index (χ3n) is 3.46. The summed E-state index contributed by atoms with van der Waals surface area (Å²) in [6, 6.07) is 10.4. The number of hydrogen-bond donors (Lipinski definition) is 1. The van der Waals surface area contributed by atoms with E-state index in [0.717, 1.165) is 18.4 Å². The zero-order valence-electron chi connectivity index (χ0n) is 12.4. The highest BCUT2D eigenvalue weighted by molar-refractivity contribution is 7.99. The molecule has 1 atom stereocenters. The monoisotopic (exact) mass is 293 g/mol. The molecule has 0 amide bonds. The van der Waals surface area contributed by atoms with Gasteiger partial charge in [-0.1, -0.05) is 44.2 Å². The topological polar surface area (TPSA) is 38.3 Å². The van der Waals surface area contributed by atoms with E-state index in [1.807, 2.05) is 30.3 Å². The quantitative estimate of drug-likeness (QED) is 0.785. The fourth-order valence-corrected chi connectivity index (χ4v) is 3.16. The van der Waals surface area contributed by atoms with Gasteiger partial charge in [-0.2, -0.15) is 11.8 Å². The van der Waals surface area contributed by atoms with Crippen LogP contribution in [0, 0.1) is 0 Å². The van der Waals surface area contributed by atoms with Crippen molar-refractivity contribution in [3.05, 3.63) is 35.9 Å². The lowest BCUT2D eigenvalue weighted by atomic mass is 9.91. The number of ether oxygens (including phenoxy) is 1. The van der Waals surface area contributed by atoms with Gasteiger partial charge in [-0.15, -0.1) is 0 Å². The molecule has 0 aliphatic heterocycles. The third kappa shape index (κ3) is 3.55. The Balaban J connectivity index is 2.33. The second-order valence-corrected chi connectivity index (χ2v) is 7.11. The van der Waals surface area contributed by atoms with E-state index in [-0.39, 0.29) is 5.97 Å². The standard InChI is InChI=1S/C16H23NO2S/c1-12(2)20-11-16(15(18)19-3,17-14-9-10-14)13-7-5-4-6-8-13/h4-8,12,14,17H,9-11H2,1-3H3. The van der Waals surface area contributed by atoms with Crippen LogP contribution in [0.25, 0.3) is 0 Å². The van der Waals surface area contributed by atoms with Crippen LogP contribution in [0.2, 0.25) is 0 Å². The Kier molecular flexibility index (Phi) is 5.11. The fourth-order valence-electron chi connectivity index (χ4n) is 2.21. The largest absolute Gasteiger partial charge is 0.467 e. The smallest absolute Gasteiger partial charge is 0.331 e. The number of esters is 1. The van der Waals surface area contributed by atoms with Gasteiger partial charge in [0.25, 0.3) is 0 Å². The first kappa shape index (κ1) is 15.4. The van der Waals surface area contributed by atoms with E-state index in [1.54, 1.807) is 11.8 Å². The molecule has 1 unspecified atom stereocenters. The first-order valence-electron chi connectivity index (χ1n) is 7.11. The van der Waals surface area contributed by atoms with E-state index in [1.165, 1.54) is 7.11 Å². The van der Waals surface area contributed by atoms with Crippen molar-refractivity contribution < 1.29 is 9.53 Å². The van der Waals surface area contributed by atoms with Crippen LogP contribution in [-0.4, -0.2) is 30.1 Å². The molecule has 0 radical (unpaired) electrons. The summed E-state index contributed by atoms with van der Waals surface area (Å²) in [6.45, 7) is 4.30. The lowest BCUT2D eigenvalue weighted by Gasteiger charge is -2.33. The zero-order chi connectivity index (χ0) is 14.6. The summed E-state index contributed by atoms with van der Waals surface area (Å²) in [5, 5.41) is 4.01. The number of carbonyl (C=O) groups excluding carboxylic acids is 1. The molecule has 0 bridgehead atoms. The van der Waals surface area contributed by atoms with E-state index in [2.05, 4.69) is 19.2 Å². The number of thioether (sulfide) groups is 1. The Morgan fingerprint density at radius 3 is 2.55 bits per heavy atom. The summed E-state index contributed by atoms with van der Waals surface area (Å²) < 4.78 is 5.12. The summed E-state index contributed by atoms with van der Waals surface area (Å²) in [6.07, 6.45) is 2.27. The molecule has 0 heterocycles. The van der Waals surface area contributed by atoms with Gasteiger partial charge in [0.1, 0.15) is 0 Å². The minimum atomic E-state index is -0.730. The van der Waals surface area contributed by atoms with Crippen molar-refractivity contribution >= 4 is 17.7 Å².